The Hall–Kier alpha value is -1.08. The van der Waals surface area contributed by atoms with Crippen LogP contribution in [0.2, 0.25) is 0 Å². The van der Waals surface area contributed by atoms with Gasteiger partial charge in [-0.1, -0.05) is 36.4 Å². The molecule has 2 unspecified atom stereocenters. The molecule has 0 heterocycles. The van der Waals surface area contributed by atoms with Crippen molar-refractivity contribution in [1.29, 1.82) is 0 Å². The number of rotatable bonds is 2. The van der Waals surface area contributed by atoms with E-state index in [1.54, 1.807) is 5.56 Å². The maximum atomic E-state index is 3.83. The fraction of sp³-hybridized carbons (Fsp3) is 0.500. The quantitative estimate of drug-likeness (QED) is 0.758. The maximum absolute atomic E-state index is 3.83. The number of fused-ring (bicyclic) bond motifs is 1. The highest BCUT2D eigenvalue weighted by Crippen LogP contribution is 2.30. The van der Waals surface area contributed by atoms with Crippen LogP contribution >= 0.6 is 0 Å². The van der Waals surface area contributed by atoms with E-state index in [1.165, 1.54) is 44.1 Å². The number of aryl methyl sites for hydroxylation is 1. The highest BCUT2D eigenvalue weighted by Gasteiger charge is 2.21. The smallest absolute Gasteiger partial charge is 0.0328 e. The first-order chi connectivity index (χ1) is 8.43. The van der Waals surface area contributed by atoms with E-state index in [0.717, 1.165) is 0 Å². The summed E-state index contributed by atoms with van der Waals surface area (Å²) in [5.41, 5.74) is 3.09. The van der Waals surface area contributed by atoms with Crippen molar-refractivity contribution in [1.82, 2.24) is 5.32 Å². The largest absolute Gasteiger partial charge is 0.304 e. The lowest BCUT2D eigenvalue weighted by Gasteiger charge is -2.30. The Morgan fingerprint density at radius 2 is 2.00 bits per heavy atom. The predicted molar refractivity (Wildman–Crippen MR) is 72.0 cm³/mol. The molecule has 0 saturated carbocycles. The number of allylic oxidation sites excluding steroid dienone is 1. The van der Waals surface area contributed by atoms with Crippen LogP contribution in [0.15, 0.2) is 36.4 Å². The van der Waals surface area contributed by atoms with Crippen LogP contribution < -0.4 is 5.32 Å². The summed E-state index contributed by atoms with van der Waals surface area (Å²) in [5, 5.41) is 3.83. The van der Waals surface area contributed by atoms with Gasteiger partial charge in [0.2, 0.25) is 0 Å². The second-order valence-corrected chi connectivity index (χ2v) is 5.28. The highest BCUT2D eigenvalue weighted by atomic mass is 14.9. The number of hydrogen-bond donors (Lipinski definition) is 1. The first-order valence-corrected chi connectivity index (χ1v) is 6.94. The molecular formula is C16H21N. The van der Waals surface area contributed by atoms with Crippen molar-refractivity contribution >= 4 is 0 Å². The zero-order valence-corrected chi connectivity index (χ0v) is 10.4. The van der Waals surface area contributed by atoms with E-state index in [1.807, 2.05) is 0 Å². The molecule has 0 spiro atoms. The lowest BCUT2D eigenvalue weighted by atomic mass is 9.87. The van der Waals surface area contributed by atoms with E-state index in [2.05, 4.69) is 41.7 Å². The average molecular weight is 227 g/mol. The summed E-state index contributed by atoms with van der Waals surface area (Å²) in [7, 11) is 0. The zero-order chi connectivity index (χ0) is 11.5. The van der Waals surface area contributed by atoms with Gasteiger partial charge in [-0.15, -0.1) is 0 Å². The van der Waals surface area contributed by atoms with Crippen molar-refractivity contribution in [2.24, 2.45) is 0 Å². The molecule has 0 bridgehead atoms. The van der Waals surface area contributed by atoms with Crippen LogP contribution in [0.3, 0.4) is 0 Å². The van der Waals surface area contributed by atoms with Gasteiger partial charge in [0.05, 0.1) is 0 Å². The Morgan fingerprint density at radius 1 is 1.06 bits per heavy atom. The molecule has 2 atom stereocenters. The molecule has 17 heavy (non-hydrogen) atoms. The van der Waals surface area contributed by atoms with Gasteiger partial charge in [-0.05, 0) is 49.7 Å². The predicted octanol–water partition coefficient (Wildman–Crippen LogP) is 3.76. The number of benzene rings is 1. The van der Waals surface area contributed by atoms with E-state index in [-0.39, 0.29) is 0 Å². The minimum atomic E-state index is 0.577. The Labute approximate surface area is 104 Å². The topological polar surface area (TPSA) is 12.0 Å². The molecule has 1 N–H and O–H groups in total. The molecular weight excluding hydrogens is 206 g/mol. The summed E-state index contributed by atoms with van der Waals surface area (Å²) in [6.45, 7) is 0. The first-order valence-electron chi connectivity index (χ1n) is 6.94. The summed E-state index contributed by atoms with van der Waals surface area (Å²) >= 11 is 0. The van der Waals surface area contributed by atoms with Gasteiger partial charge in [0, 0.05) is 12.1 Å². The summed E-state index contributed by atoms with van der Waals surface area (Å²) in [6, 6.07) is 10.1. The SMILES string of the molecule is C1=CC(NC2CCCc3ccccc32)CCC1. The van der Waals surface area contributed by atoms with E-state index >= 15 is 0 Å². The van der Waals surface area contributed by atoms with Crippen molar-refractivity contribution in [3.05, 3.63) is 47.5 Å². The number of hydrogen-bond acceptors (Lipinski definition) is 1. The van der Waals surface area contributed by atoms with Crippen LogP contribution in [0.5, 0.6) is 0 Å². The van der Waals surface area contributed by atoms with Crippen LogP contribution in [0.4, 0.5) is 0 Å². The van der Waals surface area contributed by atoms with Crippen LogP contribution in [-0.2, 0) is 6.42 Å². The fourth-order valence-electron chi connectivity index (χ4n) is 3.14. The second kappa shape index (κ2) is 5.05. The number of nitrogens with one attached hydrogen (secondary N) is 1. The Bertz CT molecular complexity index is 408. The van der Waals surface area contributed by atoms with E-state index in [0.29, 0.717) is 12.1 Å². The van der Waals surface area contributed by atoms with Crippen LogP contribution in [0, 0.1) is 0 Å². The Balaban J connectivity index is 1.76. The average Bonchev–Trinajstić information content (AvgIpc) is 2.40. The molecule has 2 aliphatic rings. The van der Waals surface area contributed by atoms with Gasteiger partial charge in [-0.25, -0.2) is 0 Å². The van der Waals surface area contributed by atoms with Gasteiger partial charge >= 0.3 is 0 Å². The molecule has 0 radical (unpaired) electrons. The van der Waals surface area contributed by atoms with Crippen molar-refractivity contribution in [3.8, 4) is 0 Å². The normalized spacial score (nSPS) is 27.8. The summed E-state index contributed by atoms with van der Waals surface area (Å²) < 4.78 is 0. The molecule has 1 aromatic carbocycles. The molecule has 0 aromatic heterocycles. The Kier molecular flexibility index (Phi) is 3.28. The monoisotopic (exact) mass is 227 g/mol. The van der Waals surface area contributed by atoms with Crippen LogP contribution in [0.25, 0.3) is 0 Å². The lowest BCUT2D eigenvalue weighted by Crippen LogP contribution is -2.34. The van der Waals surface area contributed by atoms with E-state index < -0.39 is 0 Å². The summed E-state index contributed by atoms with van der Waals surface area (Å²) in [4.78, 5) is 0. The molecule has 1 aromatic rings. The molecule has 0 fully saturated rings. The first kappa shape index (κ1) is 11.0. The molecule has 0 saturated heterocycles. The summed E-state index contributed by atoms with van der Waals surface area (Å²) in [6.07, 6.45) is 12.5. The third kappa shape index (κ3) is 2.44. The third-order valence-corrected chi connectivity index (χ3v) is 4.04. The van der Waals surface area contributed by atoms with Crippen molar-refractivity contribution in [2.45, 2.75) is 50.6 Å². The van der Waals surface area contributed by atoms with Crippen molar-refractivity contribution in [2.75, 3.05) is 0 Å². The summed E-state index contributed by atoms with van der Waals surface area (Å²) in [5.74, 6) is 0. The van der Waals surface area contributed by atoms with Gasteiger partial charge in [-0.2, -0.15) is 0 Å². The van der Waals surface area contributed by atoms with Gasteiger partial charge in [-0.3, -0.25) is 0 Å². The third-order valence-electron chi connectivity index (χ3n) is 4.04. The van der Waals surface area contributed by atoms with E-state index in [9.17, 15) is 0 Å². The van der Waals surface area contributed by atoms with E-state index in [4.69, 9.17) is 0 Å². The van der Waals surface area contributed by atoms with Gasteiger partial charge < -0.3 is 5.32 Å². The highest BCUT2D eigenvalue weighted by molar-refractivity contribution is 5.32. The van der Waals surface area contributed by atoms with Crippen molar-refractivity contribution < 1.29 is 0 Å². The van der Waals surface area contributed by atoms with Crippen molar-refractivity contribution in [3.63, 3.8) is 0 Å². The Morgan fingerprint density at radius 3 is 2.88 bits per heavy atom. The molecule has 2 aliphatic carbocycles. The minimum absolute atomic E-state index is 0.577. The zero-order valence-electron chi connectivity index (χ0n) is 10.4. The van der Waals surface area contributed by atoms with Crippen LogP contribution in [0.1, 0.15) is 49.3 Å². The van der Waals surface area contributed by atoms with Gasteiger partial charge in [0.15, 0.2) is 0 Å². The van der Waals surface area contributed by atoms with Gasteiger partial charge in [0.1, 0.15) is 0 Å². The lowest BCUT2D eigenvalue weighted by molar-refractivity contribution is 0.405. The molecule has 0 amide bonds. The maximum Gasteiger partial charge on any atom is 0.0328 e. The second-order valence-electron chi connectivity index (χ2n) is 5.28. The minimum Gasteiger partial charge on any atom is -0.304 e. The molecule has 1 nitrogen and oxygen atoms in total. The molecule has 3 rings (SSSR count). The fourth-order valence-corrected chi connectivity index (χ4v) is 3.14. The standard InChI is InChI=1S/C16H21N/c1-2-9-14(10-3-1)17-16-12-6-8-13-7-4-5-11-15(13)16/h2,4-5,7,9,11,14,16-17H,1,3,6,8,10,12H2. The molecule has 1 heteroatoms. The molecule has 0 aliphatic heterocycles. The van der Waals surface area contributed by atoms with Gasteiger partial charge in [0.25, 0.3) is 0 Å². The van der Waals surface area contributed by atoms with Crippen LogP contribution in [-0.4, -0.2) is 6.04 Å². The molecule has 90 valence electrons.